The Kier molecular flexibility index (Phi) is 3.68. The van der Waals surface area contributed by atoms with Gasteiger partial charge >= 0.3 is 0 Å². The largest absolute Gasteiger partial charge is 0.259 e. The second-order valence-electron chi connectivity index (χ2n) is 2.68. The molecule has 1 rings (SSSR count). The zero-order chi connectivity index (χ0) is 11.3. The van der Waals surface area contributed by atoms with Gasteiger partial charge < -0.3 is 0 Å². The van der Waals surface area contributed by atoms with Gasteiger partial charge in [0.15, 0.2) is 0 Å². The molecule has 0 aliphatic heterocycles. The van der Waals surface area contributed by atoms with Crippen LogP contribution < -0.4 is 0 Å². The van der Waals surface area contributed by atoms with E-state index in [1.54, 1.807) is 42.5 Å². The minimum atomic E-state index is -1.84. The molecule has 15 heavy (non-hydrogen) atoms. The van der Waals surface area contributed by atoms with Crippen LogP contribution in [-0.4, -0.2) is 10.6 Å². The fourth-order valence-electron chi connectivity index (χ4n) is 1.03. The van der Waals surface area contributed by atoms with Crippen molar-refractivity contribution in [2.75, 3.05) is 0 Å². The van der Waals surface area contributed by atoms with E-state index in [0.29, 0.717) is 5.56 Å². The summed E-state index contributed by atoms with van der Waals surface area (Å²) in [4.78, 5) is -1.84. The van der Waals surface area contributed by atoms with Gasteiger partial charge in [0.05, 0.1) is 0 Å². The lowest BCUT2D eigenvalue weighted by molar-refractivity contribution is 1.19. The van der Waals surface area contributed by atoms with Crippen LogP contribution in [0.15, 0.2) is 34.8 Å². The SMILES string of the molecule is N#CC(Cl)(C#N)/C(=N/Cl)c1ccccc1. The molecular weight excluding hydrogens is 233 g/mol. The highest BCUT2D eigenvalue weighted by atomic mass is 35.5. The van der Waals surface area contributed by atoms with Gasteiger partial charge in [-0.25, -0.2) is 0 Å². The molecule has 3 nitrogen and oxygen atoms in total. The molecule has 0 spiro atoms. The van der Waals surface area contributed by atoms with Gasteiger partial charge in [-0.2, -0.15) is 15.0 Å². The molecule has 0 fully saturated rings. The van der Waals surface area contributed by atoms with E-state index in [1.165, 1.54) is 0 Å². The fraction of sp³-hybridized carbons (Fsp3) is 0.100. The lowest BCUT2D eigenvalue weighted by Gasteiger charge is -2.11. The van der Waals surface area contributed by atoms with Crippen LogP contribution in [0.3, 0.4) is 0 Å². The van der Waals surface area contributed by atoms with Crippen molar-refractivity contribution >= 4 is 29.1 Å². The molecule has 0 amide bonds. The van der Waals surface area contributed by atoms with E-state index in [1.807, 2.05) is 0 Å². The van der Waals surface area contributed by atoms with E-state index in [-0.39, 0.29) is 5.71 Å². The summed E-state index contributed by atoms with van der Waals surface area (Å²) in [7, 11) is 0. The number of hydrogen-bond acceptors (Lipinski definition) is 3. The first kappa shape index (κ1) is 11.5. The molecule has 0 radical (unpaired) electrons. The van der Waals surface area contributed by atoms with Gasteiger partial charge in [-0.1, -0.05) is 41.9 Å². The quantitative estimate of drug-likeness (QED) is 0.587. The minimum absolute atomic E-state index is 0.0384. The normalized spacial score (nSPS) is 11.6. The van der Waals surface area contributed by atoms with Crippen LogP contribution in [0.5, 0.6) is 0 Å². The molecule has 1 aromatic carbocycles. The monoisotopic (exact) mass is 237 g/mol. The second kappa shape index (κ2) is 4.79. The highest BCUT2D eigenvalue weighted by molar-refractivity contribution is 6.45. The van der Waals surface area contributed by atoms with Crippen LogP contribution in [0.25, 0.3) is 0 Å². The summed E-state index contributed by atoms with van der Waals surface area (Å²) in [6, 6.07) is 12.0. The maximum atomic E-state index is 8.80. The number of nitrogens with zero attached hydrogens (tertiary/aromatic N) is 3. The lowest BCUT2D eigenvalue weighted by atomic mass is 9.98. The van der Waals surface area contributed by atoms with Crippen molar-refractivity contribution in [3.63, 3.8) is 0 Å². The maximum absolute atomic E-state index is 8.80. The molecule has 74 valence electrons. The van der Waals surface area contributed by atoms with Crippen molar-refractivity contribution in [1.82, 2.24) is 0 Å². The fourth-order valence-corrected chi connectivity index (χ4v) is 1.45. The van der Waals surface area contributed by atoms with Crippen molar-refractivity contribution in [2.45, 2.75) is 4.87 Å². The van der Waals surface area contributed by atoms with Crippen LogP contribution in [-0.2, 0) is 0 Å². The molecule has 0 heterocycles. The van der Waals surface area contributed by atoms with Gasteiger partial charge in [0.25, 0.3) is 4.87 Å². The van der Waals surface area contributed by atoms with E-state index in [2.05, 4.69) is 4.51 Å². The zero-order valence-corrected chi connectivity index (χ0v) is 9.00. The Morgan fingerprint density at radius 2 is 1.73 bits per heavy atom. The van der Waals surface area contributed by atoms with Gasteiger partial charge in [-0.15, -0.1) is 0 Å². The lowest BCUT2D eigenvalue weighted by Crippen LogP contribution is -2.29. The molecule has 0 saturated heterocycles. The molecule has 0 N–H and O–H groups in total. The molecule has 0 aliphatic rings. The molecule has 0 aromatic heterocycles. The number of rotatable bonds is 2. The first-order valence-electron chi connectivity index (χ1n) is 3.94. The van der Waals surface area contributed by atoms with Gasteiger partial charge in [-0.3, -0.25) is 0 Å². The Morgan fingerprint density at radius 3 is 2.13 bits per heavy atom. The van der Waals surface area contributed by atoms with Crippen molar-refractivity contribution in [3.05, 3.63) is 35.9 Å². The smallest absolute Gasteiger partial charge is 0.195 e. The number of benzene rings is 1. The minimum Gasteiger partial charge on any atom is -0.195 e. The number of nitriles is 2. The van der Waals surface area contributed by atoms with Gasteiger partial charge in [0, 0.05) is 17.3 Å². The van der Waals surface area contributed by atoms with E-state index in [9.17, 15) is 0 Å². The highest BCUT2D eigenvalue weighted by Gasteiger charge is 2.35. The van der Waals surface area contributed by atoms with E-state index in [0.717, 1.165) is 0 Å². The maximum Gasteiger partial charge on any atom is 0.259 e. The number of halogens is 2. The third-order valence-corrected chi connectivity index (χ3v) is 2.28. The average molecular weight is 238 g/mol. The van der Waals surface area contributed by atoms with Crippen LogP contribution in [0.2, 0.25) is 0 Å². The Bertz CT molecular complexity index is 440. The summed E-state index contributed by atoms with van der Waals surface area (Å²) in [6.07, 6.45) is 0. The van der Waals surface area contributed by atoms with Crippen molar-refractivity contribution in [2.24, 2.45) is 4.51 Å². The summed E-state index contributed by atoms with van der Waals surface area (Å²) in [5.74, 6) is 0. The summed E-state index contributed by atoms with van der Waals surface area (Å²) < 4.78 is 3.38. The number of hydrogen-bond donors (Lipinski definition) is 0. The summed E-state index contributed by atoms with van der Waals surface area (Å²) >= 11 is 11.1. The van der Waals surface area contributed by atoms with Crippen LogP contribution in [0.1, 0.15) is 5.56 Å². The molecule has 0 aliphatic carbocycles. The first-order valence-corrected chi connectivity index (χ1v) is 4.66. The molecule has 0 unspecified atom stereocenters. The van der Waals surface area contributed by atoms with Gasteiger partial charge in [0.1, 0.15) is 17.9 Å². The third-order valence-electron chi connectivity index (χ3n) is 1.77. The molecule has 0 saturated carbocycles. The third kappa shape index (κ3) is 2.27. The molecule has 0 bridgehead atoms. The Morgan fingerprint density at radius 1 is 1.20 bits per heavy atom. The molecule has 0 atom stereocenters. The molecular formula is C10H5Cl2N3. The summed E-state index contributed by atoms with van der Waals surface area (Å²) in [5.41, 5.74) is 0.585. The van der Waals surface area contributed by atoms with Crippen LogP contribution in [0.4, 0.5) is 0 Å². The van der Waals surface area contributed by atoms with Gasteiger partial charge in [0.2, 0.25) is 0 Å². The van der Waals surface area contributed by atoms with Crippen LogP contribution in [0, 0.1) is 22.7 Å². The van der Waals surface area contributed by atoms with Crippen LogP contribution >= 0.6 is 23.4 Å². The Labute approximate surface area is 97.3 Å². The van der Waals surface area contributed by atoms with Gasteiger partial charge in [-0.05, 0) is 0 Å². The van der Waals surface area contributed by atoms with Crippen molar-refractivity contribution < 1.29 is 0 Å². The summed E-state index contributed by atoms with van der Waals surface area (Å²) in [6.45, 7) is 0. The predicted molar refractivity (Wildman–Crippen MR) is 58.6 cm³/mol. The van der Waals surface area contributed by atoms with Crippen molar-refractivity contribution in [1.29, 1.82) is 10.5 Å². The predicted octanol–water partition coefficient (Wildman–Crippen LogP) is 2.65. The number of alkyl halides is 1. The average Bonchev–Trinajstić information content (AvgIpc) is 2.31. The topological polar surface area (TPSA) is 59.9 Å². The zero-order valence-electron chi connectivity index (χ0n) is 7.48. The second-order valence-corrected chi connectivity index (χ2v) is 3.42. The van der Waals surface area contributed by atoms with E-state index in [4.69, 9.17) is 33.9 Å². The molecule has 1 aromatic rings. The molecule has 5 heteroatoms. The highest BCUT2D eigenvalue weighted by Crippen LogP contribution is 2.21. The van der Waals surface area contributed by atoms with Crippen molar-refractivity contribution in [3.8, 4) is 12.1 Å². The first-order chi connectivity index (χ1) is 7.18. The van der Waals surface area contributed by atoms with E-state index < -0.39 is 4.87 Å². The Hall–Kier alpha value is -1.55. The Balaban J connectivity index is 3.26. The van der Waals surface area contributed by atoms with E-state index >= 15 is 0 Å². The standard InChI is InChI=1S/C10H5Cl2N3/c11-10(6-13,7-14)9(15-12)8-4-2-1-3-5-8/h1-5H/b15-9+. The summed E-state index contributed by atoms with van der Waals surface area (Å²) in [5, 5.41) is 17.6.